The van der Waals surface area contributed by atoms with Crippen LogP contribution in [0.5, 0.6) is 5.75 Å². The summed E-state index contributed by atoms with van der Waals surface area (Å²) in [5.41, 5.74) is 2.31. The average molecular weight is 466 g/mol. The van der Waals surface area contributed by atoms with Gasteiger partial charge in [0.1, 0.15) is 5.75 Å². The van der Waals surface area contributed by atoms with Crippen molar-refractivity contribution >= 4 is 35.0 Å². The zero-order valence-corrected chi connectivity index (χ0v) is 19.2. The summed E-state index contributed by atoms with van der Waals surface area (Å²) in [6.45, 7) is 3.90. The van der Waals surface area contributed by atoms with Crippen LogP contribution in [0.3, 0.4) is 0 Å². The van der Waals surface area contributed by atoms with Crippen LogP contribution in [0.15, 0.2) is 52.6 Å². The van der Waals surface area contributed by atoms with E-state index in [1.54, 1.807) is 19.1 Å². The fourth-order valence-electron chi connectivity index (χ4n) is 6.00. The Balaban J connectivity index is 1.70. The van der Waals surface area contributed by atoms with Crippen LogP contribution in [-0.2, 0) is 19.2 Å². The molecule has 1 aromatic carbocycles. The van der Waals surface area contributed by atoms with Crippen molar-refractivity contribution in [3.63, 3.8) is 0 Å². The van der Waals surface area contributed by atoms with Gasteiger partial charge in [-0.1, -0.05) is 30.2 Å². The van der Waals surface area contributed by atoms with Gasteiger partial charge in [-0.05, 0) is 56.4 Å². The van der Waals surface area contributed by atoms with Crippen LogP contribution in [0.4, 0.5) is 0 Å². The molecule has 1 fully saturated rings. The molecular formula is C26H24ClNO5. The maximum Gasteiger partial charge on any atom is 0.233 e. The lowest BCUT2D eigenvalue weighted by Gasteiger charge is -2.42. The lowest BCUT2D eigenvalue weighted by atomic mass is 9.59. The molecule has 2 amide bonds. The van der Waals surface area contributed by atoms with Crippen molar-refractivity contribution in [3.05, 3.63) is 63.2 Å². The van der Waals surface area contributed by atoms with E-state index in [4.69, 9.17) is 11.6 Å². The number of carbonyl (C=O) groups is 4. The summed E-state index contributed by atoms with van der Waals surface area (Å²) >= 11 is 6.24. The highest BCUT2D eigenvalue weighted by Crippen LogP contribution is 2.56. The first-order valence-electron chi connectivity index (χ1n) is 11.3. The van der Waals surface area contributed by atoms with E-state index in [0.29, 0.717) is 46.7 Å². The first kappa shape index (κ1) is 21.8. The molecule has 5 rings (SSSR count). The number of imide groups is 1. The zero-order chi connectivity index (χ0) is 23.6. The molecule has 6 nitrogen and oxygen atoms in total. The molecular weight excluding hydrogens is 442 g/mol. The van der Waals surface area contributed by atoms with E-state index in [1.807, 2.05) is 13.0 Å². The second kappa shape index (κ2) is 7.80. The predicted octanol–water partition coefficient (Wildman–Crippen LogP) is 3.89. The first-order valence-corrected chi connectivity index (χ1v) is 11.7. The molecule has 3 aliphatic carbocycles. The predicted molar refractivity (Wildman–Crippen MR) is 121 cm³/mol. The van der Waals surface area contributed by atoms with Gasteiger partial charge in [0.25, 0.3) is 0 Å². The van der Waals surface area contributed by atoms with Gasteiger partial charge in [-0.15, -0.1) is 0 Å². The summed E-state index contributed by atoms with van der Waals surface area (Å²) in [7, 11) is 0. The maximum atomic E-state index is 13.4. The average Bonchev–Trinajstić information content (AvgIpc) is 3.03. The number of hydrogen-bond donors (Lipinski definition) is 1. The summed E-state index contributed by atoms with van der Waals surface area (Å²) < 4.78 is 0. The number of amides is 2. The van der Waals surface area contributed by atoms with Crippen LogP contribution in [0.1, 0.15) is 44.6 Å². The number of allylic oxidation sites excluding steroid dienone is 6. The lowest BCUT2D eigenvalue weighted by molar-refractivity contribution is -0.140. The first-order chi connectivity index (χ1) is 15.7. The van der Waals surface area contributed by atoms with Gasteiger partial charge >= 0.3 is 0 Å². The van der Waals surface area contributed by atoms with E-state index in [-0.39, 0.29) is 35.6 Å². The van der Waals surface area contributed by atoms with Crippen LogP contribution in [-0.4, -0.2) is 39.9 Å². The molecule has 0 unspecified atom stereocenters. The number of hydrogen-bond acceptors (Lipinski definition) is 5. The van der Waals surface area contributed by atoms with Crippen molar-refractivity contribution in [2.75, 3.05) is 6.54 Å². The molecule has 1 aliphatic heterocycles. The van der Waals surface area contributed by atoms with E-state index in [1.165, 1.54) is 17.0 Å². The summed E-state index contributed by atoms with van der Waals surface area (Å²) in [6.07, 6.45) is 4.57. The Morgan fingerprint density at radius 1 is 1.12 bits per heavy atom. The van der Waals surface area contributed by atoms with Crippen LogP contribution >= 0.6 is 11.6 Å². The molecule has 7 heteroatoms. The second-order valence-electron chi connectivity index (χ2n) is 9.26. The van der Waals surface area contributed by atoms with Gasteiger partial charge in [0.15, 0.2) is 11.6 Å². The third kappa shape index (κ3) is 3.15. The highest BCUT2D eigenvalue weighted by atomic mass is 35.5. The maximum absolute atomic E-state index is 13.4. The SMILES string of the molecule is CCCN1C(=O)[C@H]2[C@H](CC=C3[C@H](c4cc(Cl)ccc4O)C4=C(C[C@H]32)C(=O)C(C)=CC4=O)C1=O. The van der Waals surface area contributed by atoms with E-state index in [0.717, 1.165) is 5.57 Å². The molecule has 33 heavy (non-hydrogen) atoms. The number of halogens is 1. The number of carbonyl (C=O) groups excluding carboxylic acids is 4. The molecule has 4 atom stereocenters. The third-order valence-corrected chi connectivity index (χ3v) is 7.64. The number of aromatic hydroxyl groups is 1. The van der Waals surface area contributed by atoms with E-state index >= 15 is 0 Å². The molecule has 0 radical (unpaired) electrons. The normalized spacial score (nSPS) is 29.0. The number of rotatable bonds is 3. The summed E-state index contributed by atoms with van der Waals surface area (Å²) in [5.74, 6) is -3.01. The number of fused-ring (bicyclic) bond motifs is 3. The third-order valence-electron chi connectivity index (χ3n) is 7.40. The minimum absolute atomic E-state index is 0.0344. The van der Waals surface area contributed by atoms with Crippen molar-refractivity contribution in [2.45, 2.75) is 39.0 Å². The number of nitrogens with zero attached hydrogens (tertiary/aromatic N) is 1. The Morgan fingerprint density at radius 2 is 1.88 bits per heavy atom. The minimum Gasteiger partial charge on any atom is -0.508 e. The van der Waals surface area contributed by atoms with Crippen molar-refractivity contribution < 1.29 is 24.3 Å². The van der Waals surface area contributed by atoms with Crippen molar-refractivity contribution in [2.24, 2.45) is 17.8 Å². The quantitative estimate of drug-likeness (QED) is 0.415. The smallest absolute Gasteiger partial charge is 0.233 e. The summed E-state index contributed by atoms with van der Waals surface area (Å²) in [6, 6.07) is 4.63. The number of benzene rings is 1. The van der Waals surface area contributed by atoms with Gasteiger partial charge in [-0.3, -0.25) is 24.1 Å². The van der Waals surface area contributed by atoms with E-state index in [2.05, 4.69) is 0 Å². The summed E-state index contributed by atoms with van der Waals surface area (Å²) in [5, 5.41) is 11.1. The van der Waals surface area contributed by atoms with Crippen molar-refractivity contribution in [3.8, 4) is 5.75 Å². The number of likely N-dealkylation sites (tertiary alicyclic amines) is 1. The summed E-state index contributed by atoms with van der Waals surface area (Å²) in [4.78, 5) is 54.0. The molecule has 170 valence electrons. The van der Waals surface area contributed by atoms with Crippen molar-refractivity contribution in [1.82, 2.24) is 4.90 Å². The van der Waals surface area contributed by atoms with Gasteiger partial charge in [0.2, 0.25) is 11.8 Å². The molecule has 0 saturated carbocycles. The van der Waals surface area contributed by atoms with Crippen molar-refractivity contribution in [1.29, 1.82) is 0 Å². The topological polar surface area (TPSA) is 91.8 Å². The molecule has 0 aromatic heterocycles. The van der Waals surface area contributed by atoms with Crippen LogP contribution in [0.25, 0.3) is 0 Å². The van der Waals surface area contributed by atoms with E-state index < -0.39 is 23.7 Å². The fourth-order valence-corrected chi connectivity index (χ4v) is 6.18. The van der Waals surface area contributed by atoms with Gasteiger partial charge in [-0.2, -0.15) is 0 Å². The largest absolute Gasteiger partial charge is 0.508 e. The molecule has 1 saturated heterocycles. The number of phenols is 1. The van der Waals surface area contributed by atoms with E-state index in [9.17, 15) is 24.3 Å². The fraction of sp³-hybridized carbons (Fsp3) is 0.385. The second-order valence-corrected chi connectivity index (χ2v) is 9.70. The Labute approximate surface area is 196 Å². The zero-order valence-electron chi connectivity index (χ0n) is 18.4. The number of phenolic OH excluding ortho intramolecular Hbond substituents is 1. The molecule has 4 aliphatic rings. The van der Waals surface area contributed by atoms with Gasteiger partial charge < -0.3 is 5.11 Å². The molecule has 1 N–H and O–H groups in total. The monoisotopic (exact) mass is 465 g/mol. The number of Topliss-reactive ketones (excluding diaryl/α,β-unsaturated/α-hetero) is 1. The molecule has 0 spiro atoms. The Hall–Kier alpha value is -2.99. The van der Waals surface area contributed by atoms with Crippen LogP contribution < -0.4 is 0 Å². The van der Waals surface area contributed by atoms with Gasteiger partial charge in [0.05, 0.1) is 11.8 Å². The standard InChI is InChI=1S/C26H24ClNO5/c1-3-8-28-25(32)15-6-5-14-16(22(15)26(28)33)11-18-23(20(30)9-12(2)24(18)31)21(14)17-10-13(27)4-7-19(17)29/h4-5,7,9-10,15-16,21-22,29H,3,6,8,11H2,1-2H3/t15-,16+,21+,22-/m0/s1. The lowest BCUT2D eigenvalue weighted by Crippen LogP contribution is -2.39. The van der Waals surface area contributed by atoms with Gasteiger partial charge in [-0.25, -0.2) is 0 Å². The van der Waals surface area contributed by atoms with Crippen LogP contribution in [0.2, 0.25) is 5.02 Å². The highest BCUT2D eigenvalue weighted by Gasteiger charge is 2.56. The Morgan fingerprint density at radius 3 is 2.61 bits per heavy atom. The van der Waals surface area contributed by atoms with Crippen LogP contribution in [0, 0.1) is 17.8 Å². The Bertz CT molecular complexity index is 1220. The molecule has 1 heterocycles. The minimum atomic E-state index is -0.692. The molecule has 0 bridgehead atoms. The molecule has 1 aromatic rings. The Kier molecular flexibility index (Phi) is 5.16. The van der Waals surface area contributed by atoms with Gasteiger partial charge in [0, 0.05) is 39.8 Å². The highest BCUT2D eigenvalue weighted by molar-refractivity contribution is 6.30. The number of ketones is 2.